The first kappa shape index (κ1) is 14.1. The normalized spacial score (nSPS) is 30.2. The van der Waals surface area contributed by atoms with Crippen LogP contribution in [0.1, 0.15) is 6.23 Å². The summed E-state index contributed by atoms with van der Waals surface area (Å²) in [4.78, 5) is 4.16. The largest absolute Gasteiger partial charge is 0.394 e. The van der Waals surface area contributed by atoms with Crippen LogP contribution in [0.2, 0.25) is 10.0 Å². The summed E-state index contributed by atoms with van der Waals surface area (Å²) >= 11 is 11.9. The van der Waals surface area contributed by atoms with Gasteiger partial charge in [0.2, 0.25) is 0 Å². The van der Waals surface area contributed by atoms with E-state index in [1.54, 1.807) is 16.7 Å². The molecule has 1 fully saturated rings. The van der Waals surface area contributed by atoms with Crippen molar-refractivity contribution in [2.24, 2.45) is 0 Å². The second-order valence-electron chi connectivity index (χ2n) is 4.64. The van der Waals surface area contributed by atoms with Crippen molar-refractivity contribution < 1.29 is 20.1 Å². The van der Waals surface area contributed by atoms with E-state index in [-0.39, 0.29) is 6.61 Å². The molecule has 8 heteroatoms. The van der Waals surface area contributed by atoms with Crippen molar-refractivity contribution in [3.63, 3.8) is 0 Å². The van der Waals surface area contributed by atoms with E-state index in [1.165, 1.54) is 6.33 Å². The van der Waals surface area contributed by atoms with Gasteiger partial charge in [-0.25, -0.2) is 4.98 Å². The molecule has 0 radical (unpaired) electrons. The van der Waals surface area contributed by atoms with Gasteiger partial charge in [0.25, 0.3) is 0 Å². The van der Waals surface area contributed by atoms with E-state index in [2.05, 4.69) is 4.98 Å². The lowest BCUT2D eigenvalue weighted by Gasteiger charge is -2.17. The lowest BCUT2D eigenvalue weighted by Crippen LogP contribution is -2.33. The fraction of sp³-hybridized carbons (Fsp3) is 0.417. The van der Waals surface area contributed by atoms with Gasteiger partial charge in [-0.3, -0.25) is 0 Å². The summed E-state index contributed by atoms with van der Waals surface area (Å²) in [6, 6.07) is 3.22. The zero-order valence-corrected chi connectivity index (χ0v) is 11.7. The maximum atomic E-state index is 10.0. The molecule has 3 rings (SSSR count). The van der Waals surface area contributed by atoms with Crippen LogP contribution in [0, 0.1) is 0 Å². The fourth-order valence-corrected chi connectivity index (χ4v) is 2.65. The molecule has 108 valence electrons. The molecule has 1 saturated heterocycles. The number of hydrogen-bond donors (Lipinski definition) is 3. The molecule has 3 unspecified atom stereocenters. The minimum atomic E-state index is -1.17. The molecule has 0 amide bonds. The molecule has 3 N–H and O–H groups in total. The van der Waals surface area contributed by atoms with Crippen LogP contribution in [0.3, 0.4) is 0 Å². The lowest BCUT2D eigenvalue weighted by atomic mass is 10.1. The van der Waals surface area contributed by atoms with Gasteiger partial charge in [0.1, 0.15) is 18.3 Å². The Labute approximate surface area is 124 Å². The molecule has 1 aromatic heterocycles. The summed E-state index contributed by atoms with van der Waals surface area (Å²) < 4.78 is 7.01. The standard InChI is InChI=1S/C12H12Cl2N2O4/c13-5-1-7-8(2-6(5)14)16(4-15-7)12-11(19)10(18)9(3-17)20-12/h1-2,4,9-12,17-19H,3H2/t9?,10?,11-,12?/m0/s1. The van der Waals surface area contributed by atoms with Crippen molar-refractivity contribution in [2.75, 3.05) is 6.61 Å². The maximum absolute atomic E-state index is 10.0. The third-order valence-corrected chi connectivity index (χ3v) is 4.13. The number of imidazole rings is 1. The van der Waals surface area contributed by atoms with Crippen LogP contribution >= 0.6 is 23.2 Å². The number of aliphatic hydroxyl groups is 3. The number of aromatic nitrogens is 2. The van der Waals surface area contributed by atoms with Gasteiger partial charge in [0.05, 0.1) is 34.0 Å². The van der Waals surface area contributed by atoms with Crippen molar-refractivity contribution >= 4 is 34.2 Å². The van der Waals surface area contributed by atoms with Gasteiger partial charge in [-0.05, 0) is 12.1 Å². The third-order valence-electron chi connectivity index (χ3n) is 3.41. The Bertz CT molecular complexity index is 648. The number of aliphatic hydroxyl groups excluding tert-OH is 3. The highest BCUT2D eigenvalue weighted by Gasteiger charge is 2.43. The Morgan fingerprint density at radius 3 is 2.55 bits per heavy atom. The van der Waals surface area contributed by atoms with Crippen LogP contribution in [0.5, 0.6) is 0 Å². The molecule has 4 atom stereocenters. The number of rotatable bonds is 2. The van der Waals surface area contributed by atoms with Gasteiger partial charge < -0.3 is 24.6 Å². The summed E-state index contributed by atoms with van der Waals surface area (Å²) in [5, 5.41) is 29.6. The second kappa shape index (κ2) is 5.14. The highest BCUT2D eigenvalue weighted by atomic mass is 35.5. The van der Waals surface area contributed by atoms with E-state index in [0.717, 1.165) is 0 Å². The van der Waals surface area contributed by atoms with Crippen molar-refractivity contribution in [3.8, 4) is 0 Å². The summed E-state index contributed by atoms with van der Waals surface area (Å²) in [6.45, 7) is -0.381. The van der Waals surface area contributed by atoms with E-state index in [1.807, 2.05) is 0 Å². The molecule has 20 heavy (non-hydrogen) atoms. The number of benzene rings is 1. The molecule has 0 aliphatic carbocycles. The van der Waals surface area contributed by atoms with Crippen molar-refractivity contribution in [1.82, 2.24) is 9.55 Å². The van der Waals surface area contributed by atoms with Crippen molar-refractivity contribution in [2.45, 2.75) is 24.5 Å². The first-order chi connectivity index (χ1) is 9.52. The van der Waals surface area contributed by atoms with Gasteiger partial charge in [-0.2, -0.15) is 0 Å². The highest BCUT2D eigenvalue weighted by Crippen LogP contribution is 2.34. The third kappa shape index (κ3) is 2.09. The Balaban J connectivity index is 2.05. The molecule has 1 aromatic carbocycles. The highest BCUT2D eigenvalue weighted by molar-refractivity contribution is 6.42. The maximum Gasteiger partial charge on any atom is 0.164 e. The number of nitrogens with zero attached hydrogens (tertiary/aromatic N) is 2. The Morgan fingerprint density at radius 1 is 1.20 bits per heavy atom. The zero-order valence-electron chi connectivity index (χ0n) is 10.1. The van der Waals surface area contributed by atoms with Crippen molar-refractivity contribution in [1.29, 1.82) is 0 Å². The number of fused-ring (bicyclic) bond motifs is 1. The monoisotopic (exact) mass is 318 g/mol. The molecular formula is C12H12Cl2N2O4. The Morgan fingerprint density at radius 2 is 1.90 bits per heavy atom. The summed E-state index contributed by atoms with van der Waals surface area (Å²) in [6.07, 6.45) is -2.54. The van der Waals surface area contributed by atoms with E-state index in [9.17, 15) is 10.2 Å². The molecule has 6 nitrogen and oxygen atoms in total. The average molecular weight is 319 g/mol. The predicted octanol–water partition coefficient (Wildman–Crippen LogP) is 0.955. The molecule has 0 spiro atoms. The van der Waals surface area contributed by atoms with E-state index in [0.29, 0.717) is 21.1 Å². The average Bonchev–Trinajstić information content (AvgIpc) is 2.94. The van der Waals surface area contributed by atoms with Crippen LogP contribution in [-0.4, -0.2) is 49.8 Å². The predicted molar refractivity (Wildman–Crippen MR) is 72.8 cm³/mol. The quantitative estimate of drug-likeness (QED) is 0.767. The summed E-state index contributed by atoms with van der Waals surface area (Å²) in [5.74, 6) is 0. The first-order valence-electron chi connectivity index (χ1n) is 5.97. The Kier molecular flexibility index (Phi) is 3.62. The van der Waals surface area contributed by atoms with Gasteiger partial charge >= 0.3 is 0 Å². The molecule has 2 heterocycles. The Hall–Kier alpha value is -0.890. The molecule has 2 aromatic rings. The van der Waals surface area contributed by atoms with Crippen LogP contribution in [-0.2, 0) is 4.74 Å². The smallest absolute Gasteiger partial charge is 0.164 e. The second-order valence-corrected chi connectivity index (χ2v) is 5.45. The van der Waals surface area contributed by atoms with E-state index >= 15 is 0 Å². The van der Waals surface area contributed by atoms with E-state index in [4.69, 9.17) is 33.0 Å². The van der Waals surface area contributed by atoms with Crippen LogP contribution in [0.4, 0.5) is 0 Å². The zero-order chi connectivity index (χ0) is 14.4. The number of hydrogen-bond acceptors (Lipinski definition) is 5. The summed E-state index contributed by atoms with van der Waals surface area (Å²) in [7, 11) is 0. The number of ether oxygens (including phenoxy) is 1. The molecule has 0 saturated carbocycles. The molecule has 0 bridgehead atoms. The lowest BCUT2D eigenvalue weighted by molar-refractivity contribution is -0.0508. The molecular weight excluding hydrogens is 307 g/mol. The van der Waals surface area contributed by atoms with E-state index < -0.39 is 24.5 Å². The number of halogens is 2. The molecule has 1 aliphatic heterocycles. The SMILES string of the molecule is OCC1OC(n2cnc3cc(Cl)c(Cl)cc32)[C@@H](O)C1O. The minimum Gasteiger partial charge on any atom is -0.394 e. The topological polar surface area (TPSA) is 87.7 Å². The van der Waals surface area contributed by atoms with Gasteiger partial charge in [-0.1, -0.05) is 23.2 Å². The van der Waals surface area contributed by atoms with Crippen LogP contribution in [0.25, 0.3) is 11.0 Å². The fourth-order valence-electron chi connectivity index (χ4n) is 2.34. The van der Waals surface area contributed by atoms with Crippen molar-refractivity contribution in [3.05, 3.63) is 28.5 Å². The van der Waals surface area contributed by atoms with Gasteiger partial charge in [-0.15, -0.1) is 0 Å². The van der Waals surface area contributed by atoms with Crippen LogP contribution < -0.4 is 0 Å². The first-order valence-corrected chi connectivity index (χ1v) is 6.72. The minimum absolute atomic E-state index is 0.354. The van der Waals surface area contributed by atoms with Gasteiger partial charge in [0, 0.05) is 0 Å². The van der Waals surface area contributed by atoms with Crippen LogP contribution in [0.15, 0.2) is 18.5 Å². The summed E-state index contributed by atoms with van der Waals surface area (Å²) in [5.41, 5.74) is 1.21. The molecule has 1 aliphatic rings. The van der Waals surface area contributed by atoms with Gasteiger partial charge in [0.15, 0.2) is 6.23 Å².